The monoisotopic (exact) mass is 362 g/mol. The molecule has 5 rings (SSSR count). The van der Waals surface area contributed by atoms with Crippen LogP contribution in [0.25, 0.3) is 0 Å². The predicted molar refractivity (Wildman–Crippen MR) is 108 cm³/mol. The highest BCUT2D eigenvalue weighted by Crippen LogP contribution is 2.35. The maximum Gasteiger partial charge on any atom is 0.227 e. The van der Waals surface area contributed by atoms with Gasteiger partial charge in [-0.3, -0.25) is 9.69 Å². The number of amides is 1. The molecular formula is C24H30N2O. The van der Waals surface area contributed by atoms with Gasteiger partial charge in [0, 0.05) is 37.3 Å². The highest BCUT2D eigenvalue weighted by Gasteiger charge is 2.35. The van der Waals surface area contributed by atoms with Crippen molar-refractivity contribution in [3.05, 3.63) is 58.8 Å². The van der Waals surface area contributed by atoms with Gasteiger partial charge in [0.05, 0.1) is 0 Å². The quantitative estimate of drug-likeness (QED) is 0.786. The van der Waals surface area contributed by atoms with Gasteiger partial charge in [0.15, 0.2) is 0 Å². The molecule has 142 valence electrons. The normalized spacial score (nSPS) is 26.9. The molecule has 1 aromatic rings. The molecule has 2 aliphatic carbocycles. The summed E-state index contributed by atoms with van der Waals surface area (Å²) in [7, 11) is 0. The summed E-state index contributed by atoms with van der Waals surface area (Å²) in [5, 5.41) is 0. The first-order valence-electron chi connectivity index (χ1n) is 10.8. The molecule has 1 unspecified atom stereocenters. The number of carbonyl (C=O) groups is 1. The van der Waals surface area contributed by atoms with Gasteiger partial charge in [-0.1, -0.05) is 30.3 Å². The summed E-state index contributed by atoms with van der Waals surface area (Å²) in [5.74, 6) is 0.352. The van der Waals surface area contributed by atoms with Gasteiger partial charge in [0.1, 0.15) is 0 Å². The van der Waals surface area contributed by atoms with Crippen LogP contribution in [0.5, 0.6) is 0 Å². The molecule has 0 radical (unpaired) electrons. The van der Waals surface area contributed by atoms with Crippen molar-refractivity contribution in [2.24, 2.45) is 0 Å². The van der Waals surface area contributed by atoms with Gasteiger partial charge in [0.25, 0.3) is 0 Å². The van der Waals surface area contributed by atoms with Crippen molar-refractivity contribution >= 4 is 5.91 Å². The number of allylic oxidation sites excluding steroid dienone is 3. The molecule has 1 amide bonds. The molecule has 3 nitrogen and oxygen atoms in total. The van der Waals surface area contributed by atoms with E-state index in [2.05, 4.69) is 46.2 Å². The number of fused-ring (bicyclic) bond motifs is 1. The molecule has 1 saturated heterocycles. The van der Waals surface area contributed by atoms with Crippen molar-refractivity contribution in [3.63, 3.8) is 0 Å². The highest BCUT2D eigenvalue weighted by atomic mass is 16.2. The number of likely N-dealkylation sites (tertiary alicyclic amines) is 1. The highest BCUT2D eigenvalue weighted by molar-refractivity contribution is 5.81. The number of rotatable bonds is 2. The lowest BCUT2D eigenvalue weighted by Gasteiger charge is -2.44. The van der Waals surface area contributed by atoms with Crippen molar-refractivity contribution in [3.8, 4) is 0 Å². The minimum atomic E-state index is 0.352. The fourth-order valence-electron chi connectivity index (χ4n) is 5.61. The van der Waals surface area contributed by atoms with Gasteiger partial charge in [-0.15, -0.1) is 0 Å². The zero-order valence-corrected chi connectivity index (χ0v) is 16.2. The van der Waals surface area contributed by atoms with E-state index < -0.39 is 0 Å². The molecule has 1 aromatic carbocycles. The van der Waals surface area contributed by atoms with E-state index in [0.29, 0.717) is 24.4 Å². The second kappa shape index (κ2) is 7.27. The van der Waals surface area contributed by atoms with Gasteiger partial charge in [-0.05, 0) is 74.1 Å². The summed E-state index contributed by atoms with van der Waals surface area (Å²) < 4.78 is 0. The van der Waals surface area contributed by atoms with E-state index in [9.17, 15) is 4.79 Å². The first kappa shape index (κ1) is 17.2. The van der Waals surface area contributed by atoms with E-state index in [1.807, 2.05) is 0 Å². The summed E-state index contributed by atoms with van der Waals surface area (Å²) in [6.45, 7) is 2.27. The third-order valence-electron chi connectivity index (χ3n) is 7.12. The summed E-state index contributed by atoms with van der Waals surface area (Å²) in [6, 6.07) is 10.0. The number of nitrogens with zero attached hydrogens (tertiary/aromatic N) is 2. The van der Waals surface area contributed by atoms with E-state index >= 15 is 0 Å². The zero-order valence-electron chi connectivity index (χ0n) is 16.2. The number of hydrogen-bond donors (Lipinski definition) is 0. The van der Waals surface area contributed by atoms with Crippen LogP contribution in [0.4, 0.5) is 0 Å². The molecule has 2 heterocycles. The van der Waals surface area contributed by atoms with Gasteiger partial charge in [-0.2, -0.15) is 0 Å². The first-order chi connectivity index (χ1) is 13.3. The fourth-order valence-corrected chi connectivity index (χ4v) is 5.61. The molecule has 1 atom stereocenters. The molecule has 4 aliphatic rings. The van der Waals surface area contributed by atoms with Gasteiger partial charge >= 0.3 is 0 Å². The summed E-state index contributed by atoms with van der Waals surface area (Å²) >= 11 is 0. The number of benzene rings is 1. The molecule has 2 aliphatic heterocycles. The Balaban J connectivity index is 1.25. The minimum absolute atomic E-state index is 0.352. The maximum atomic E-state index is 12.7. The number of aryl methyl sites for hydroxylation is 1. The third kappa shape index (κ3) is 3.27. The smallest absolute Gasteiger partial charge is 0.227 e. The second-order valence-electron chi connectivity index (χ2n) is 8.63. The Bertz CT molecular complexity index is 785. The van der Waals surface area contributed by atoms with E-state index in [1.54, 1.807) is 11.1 Å². The lowest BCUT2D eigenvalue weighted by Crippen LogP contribution is -2.51. The molecule has 1 fully saturated rings. The van der Waals surface area contributed by atoms with Crippen molar-refractivity contribution < 1.29 is 4.79 Å². The summed E-state index contributed by atoms with van der Waals surface area (Å²) in [6.07, 6.45) is 14.4. The fraction of sp³-hybridized carbons (Fsp3) is 0.542. The van der Waals surface area contributed by atoms with Crippen LogP contribution in [0.15, 0.2) is 47.7 Å². The van der Waals surface area contributed by atoms with Crippen LogP contribution in [-0.4, -0.2) is 40.9 Å². The Morgan fingerprint density at radius 3 is 2.52 bits per heavy atom. The SMILES string of the molecule is O=C1CCC2=C(C=CCC2)N1C1CCN(C2CCc3ccccc3C2)CC1. The van der Waals surface area contributed by atoms with Crippen LogP contribution in [0.3, 0.4) is 0 Å². The third-order valence-corrected chi connectivity index (χ3v) is 7.12. The Kier molecular flexibility index (Phi) is 4.65. The largest absolute Gasteiger partial charge is 0.309 e. The molecule has 0 saturated carbocycles. The Morgan fingerprint density at radius 1 is 0.852 bits per heavy atom. The van der Waals surface area contributed by atoms with Crippen LogP contribution < -0.4 is 0 Å². The summed E-state index contributed by atoms with van der Waals surface area (Å²) in [4.78, 5) is 17.6. The maximum absolute atomic E-state index is 12.7. The van der Waals surface area contributed by atoms with E-state index in [1.165, 1.54) is 30.5 Å². The van der Waals surface area contributed by atoms with E-state index in [0.717, 1.165) is 45.2 Å². The van der Waals surface area contributed by atoms with Crippen LogP contribution in [0.1, 0.15) is 56.1 Å². The summed E-state index contributed by atoms with van der Waals surface area (Å²) in [5.41, 5.74) is 5.86. The zero-order chi connectivity index (χ0) is 18.2. The minimum Gasteiger partial charge on any atom is -0.309 e. The molecule has 0 aromatic heterocycles. The lowest BCUT2D eigenvalue weighted by atomic mass is 9.86. The van der Waals surface area contributed by atoms with Crippen molar-refractivity contribution in [2.75, 3.05) is 13.1 Å². The van der Waals surface area contributed by atoms with Crippen LogP contribution in [-0.2, 0) is 17.6 Å². The molecule has 0 N–H and O–H groups in total. The second-order valence-corrected chi connectivity index (χ2v) is 8.63. The van der Waals surface area contributed by atoms with Gasteiger partial charge < -0.3 is 4.90 Å². The van der Waals surface area contributed by atoms with Crippen molar-refractivity contribution in [2.45, 2.75) is 69.9 Å². The molecular weight excluding hydrogens is 332 g/mol. The average Bonchev–Trinajstić information content (AvgIpc) is 2.73. The first-order valence-corrected chi connectivity index (χ1v) is 10.8. The molecule has 3 heteroatoms. The van der Waals surface area contributed by atoms with Crippen molar-refractivity contribution in [1.82, 2.24) is 9.80 Å². The molecule has 0 spiro atoms. The van der Waals surface area contributed by atoms with Crippen LogP contribution >= 0.6 is 0 Å². The van der Waals surface area contributed by atoms with Crippen molar-refractivity contribution in [1.29, 1.82) is 0 Å². The van der Waals surface area contributed by atoms with Crippen LogP contribution in [0, 0.1) is 0 Å². The number of piperidine rings is 1. The molecule has 0 bridgehead atoms. The van der Waals surface area contributed by atoms with Gasteiger partial charge in [0.2, 0.25) is 5.91 Å². The molecule has 27 heavy (non-hydrogen) atoms. The predicted octanol–water partition coefficient (Wildman–Crippen LogP) is 4.23. The topological polar surface area (TPSA) is 23.6 Å². The average molecular weight is 363 g/mol. The Hall–Kier alpha value is -1.87. The number of carbonyl (C=O) groups excluding carboxylic acids is 1. The number of hydrogen-bond acceptors (Lipinski definition) is 2. The Labute approximate surface area is 162 Å². The Morgan fingerprint density at radius 2 is 1.67 bits per heavy atom. The van der Waals surface area contributed by atoms with E-state index in [4.69, 9.17) is 0 Å². The lowest BCUT2D eigenvalue weighted by molar-refractivity contribution is -0.132. The van der Waals surface area contributed by atoms with Gasteiger partial charge in [-0.25, -0.2) is 0 Å². The standard InChI is InChI=1S/C24H30N2O/c27-24-12-10-19-6-3-4-8-23(19)26(24)21-13-15-25(16-14-21)22-11-9-18-5-1-2-7-20(18)17-22/h1-2,4-5,7-8,21-22H,3,6,9-17H2. The van der Waals surface area contributed by atoms with E-state index in [-0.39, 0.29) is 0 Å². The van der Waals surface area contributed by atoms with Crippen LogP contribution in [0.2, 0.25) is 0 Å².